The Hall–Kier alpha value is -0.530. The van der Waals surface area contributed by atoms with Crippen molar-refractivity contribution in [2.24, 2.45) is 11.8 Å². The maximum Gasteiger partial charge on any atom is 0.306 e. The first-order chi connectivity index (χ1) is 5.86. The molecule has 0 aromatic heterocycles. The lowest BCUT2D eigenvalue weighted by Gasteiger charge is -2.25. The third-order valence-electron chi connectivity index (χ3n) is 3.20. The monoisotopic (exact) mass is 168 g/mol. The molecule has 1 aliphatic carbocycles. The van der Waals surface area contributed by atoms with Crippen LogP contribution in [0.4, 0.5) is 0 Å². The Bertz CT molecular complexity index is 171. The van der Waals surface area contributed by atoms with Crippen LogP contribution in [0.3, 0.4) is 0 Å². The highest BCUT2D eigenvalue weighted by atomic mass is 16.5. The third-order valence-corrected chi connectivity index (χ3v) is 3.20. The van der Waals surface area contributed by atoms with Crippen molar-refractivity contribution in [3.8, 4) is 0 Å². The SMILES string of the molecule is O=C1C[C@H](C2CCCCC2)CO1. The summed E-state index contributed by atoms with van der Waals surface area (Å²) in [6.07, 6.45) is 7.43. The normalized spacial score (nSPS) is 32.0. The van der Waals surface area contributed by atoms with E-state index in [0.717, 1.165) is 5.92 Å². The van der Waals surface area contributed by atoms with Crippen LogP contribution in [0.2, 0.25) is 0 Å². The summed E-state index contributed by atoms with van der Waals surface area (Å²) in [5, 5.41) is 0. The number of esters is 1. The van der Waals surface area contributed by atoms with Crippen LogP contribution in [0.5, 0.6) is 0 Å². The van der Waals surface area contributed by atoms with Crippen LogP contribution < -0.4 is 0 Å². The predicted molar refractivity (Wildman–Crippen MR) is 45.6 cm³/mol. The molecule has 1 heterocycles. The van der Waals surface area contributed by atoms with Crippen molar-refractivity contribution >= 4 is 5.97 Å². The number of hydrogen-bond donors (Lipinski definition) is 0. The first kappa shape index (κ1) is 8.09. The first-order valence-electron chi connectivity index (χ1n) is 5.02. The van der Waals surface area contributed by atoms with Crippen LogP contribution in [0.25, 0.3) is 0 Å². The molecule has 1 saturated heterocycles. The predicted octanol–water partition coefficient (Wildman–Crippen LogP) is 2.13. The molecular weight excluding hydrogens is 152 g/mol. The minimum atomic E-state index is 0.0190. The lowest BCUT2D eigenvalue weighted by atomic mass is 9.80. The molecule has 2 fully saturated rings. The van der Waals surface area contributed by atoms with Gasteiger partial charge in [0.1, 0.15) is 0 Å². The fourth-order valence-electron chi connectivity index (χ4n) is 2.44. The zero-order valence-electron chi connectivity index (χ0n) is 7.42. The van der Waals surface area contributed by atoms with E-state index in [4.69, 9.17) is 4.74 Å². The molecule has 1 atom stereocenters. The molecule has 2 heteroatoms. The van der Waals surface area contributed by atoms with Gasteiger partial charge in [0, 0.05) is 5.92 Å². The summed E-state index contributed by atoms with van der Waals surface area (Å²) in [6, 6.07) is 0. The maximum absolute atomic E-state index is 10.9. The quantitative estimate of drug-likeness (QED) is 0.561. The van der Waals surface area contributed by atoms with Gasteiger partial charge in [0.2, 0.25) is 0 Å². The second-order valence-electron chi connectivity index (χ2n) is 4.05. The fraction of sp³-hybridized carbons (Fsp3) is 0.900. The second kappa shape index (κ2) is 3.46. The van der Waals surface area contributed by atoms with Crippen molar-refractivity contribution in [3.63, 3.8) is 0 Å². The number of rotatable bonds is 1. The zero-order chi connectivity index (χ0) is 8.39. The van der Waals surface area contributed by atoms with Gasteiger partial charge in [0.25, 0.3) is 0 Å². The van der Waals surface area contributed by atoms with Crippen molar-refractivity contribution < 1.29 is 9.53 Å². The third kappa shape index (κ3) is 1.62. The molecule has 0 bridgehead atoms. The van der Waals surface area contributed by atoms with E-state index < -0.39 is 0 Å². The van der Waals surface area contributed by atoms with Gasteiger partial charge in [-0.25, -0.2) is 0 Å². The summed E-state index contributed by atoms with van der Waals surface area (Å²) in [7, 11) is 0. The summed E-state index contributed by atoms with van der Waals surface area (Å²) in [5.41, 5.74) is 0. The van der Waals surface area contributed by atoms with E-state index in [1.54, 1.807) is 0 Å². The standard InChI is InChI=1S/C10H16O2/c11-10-6-9(7-12-10)8-4-2-1-3-5-8/h8-9H,1-7H2/t9-/m0/s1. The molecule has 0 aromatic rings. The molecule has 0 aromatic carbocycles. The average Bonchev–Trinajstić information content (AvgIpc) is 2.54. The van der Waals surface area contributed by atoms with E-state index >= 15 is 0 Å². The maximum atomic E-state index is 10.9. The molecule has 2 nitrogen and oxygen atoms in total. The molecule has 0 unspecified atom stereocenters. The second-order valence-corrected chi connectivity index (χ2v) is 4.05. The molecule has 0 radical (unpaired) electrons. The first-order valence-corrected chi connectivity index (χ1v) is 5.02. The summed E-state index contributed by atoms with van der Waals surface area (Å²) >= 11 is 0. The van der Waals surface area contributed by atoms with Crippen LogP contribution in [0.1, 0.15) is 38.5 Å². The number of ether oxygens (including phenoxy) is 1. The van der Waals surface area contributed by atoms with E-state index in [2.05, 4.69) is 0 Å². The molecule has 0 N–H and O–H groups in total. The molecular formula is C10H16O2. The van der Waals surface area contributed by atoms with Gasteiger partial charge < -0.3 is 4.74 Å². The van der Waals surface area contributed by atoms with Crippen molar-refractivity contribution in [3.05, 3.63) is 0 Å². The van der Waals surface area contributed by atoms with Crippen LogP contribution in [-0.2, 0) is 9.53 Å². The summed E-state index contributed by atoms with van der Waals surface area (Å²) in [5.74, 6) is 1.36. The molecule has 2 rings (SSSR count). The van der Waals surface area contributed by atoms with Gasteiger partial charge in [0.05, 0.1) is 13.0 Å². The van der Waals surface area contributed by atoms with E-state index in [0.29, 0.717) is 18.9 Å². The molecule has 2 aliphatic rings. The average molecular weight is 168 g/mol. The Balaban J connectivity index is 1.86. The lowest BCUT2D eigenvalue weighted by Crippen LogP contribution is -2.17. The van der Waals surface area contributed by atoms with Crippen molar-refractivity contribution in [1.82, 2.24) is 0 Å². The summed E-state index contributed by atoms with van der Waals surface area (Å²) < 4.78 is 4.98. The zero-order valence-corrected chi connectivity index (χ0v) is 7.42. The summed E-state index contributed by atoms with van der Waals surface area (Å²) in [6.45, 7) is 0.698. The van der Waals surface area contributed by atoms with Gasteiger partial charge >= 0.3 is 5.97 Å². The van der Waals surface area contributed by atoms with Crippen molar-refractivity contribution in [2.45, 2.75) is 38.5 Å². The molecule has 1 saturated carbocycles. The van der Waals surface area contributed by atoms with Gasteiger partial charge in [-0.05, 0) is 5.92 Å². The fourth-order valence-corrected chi connectivity index (χ4v) is 2.44. The van der Waals surface area contributed by atoms with Gasteiger partial charge in [-0.15, -0.1) is 0 Å². The highest BCUT2D eigenvalue weighted by Crippen LogP contribution is 2.34. The molecule has 0 amide bonds. The number of carbonyl (C=O) groups excluding carboxylic acids is 1. The highest BCUT2D eigenvalue weighted by molar-refractivity contribution is 5.71. The van der Waals surface area contributed by atoms with Crippen LogP contribution in [0.15, 0.2) is 0 Å². The summed E-state index contributed by atoms with van der Waals surface area (Å²) in [4.78, 5) is 10.9. The van der Waals surface area contributed by atoms with Crippen LogP contribution >= 0.6 is 0 Å². The molecule has 0 spiro atoms. The molecule has 12 heavy (non-hydrogen) atoms. The number of cyclic esters (lactones) is 1. The van der Waals surface area contributed by atoms with Gasteiger partial charge in [-0.3, -0.25) is 4.79 Å². The van der Waals surface area contributed by atoms with Crippen molar-refractivity contribution in [2.75, 3.05) is 6.61 Å². The minimum Gasteiger partial charge on any atom is -0.465 e. The van der Waals surface area contributed by atoms with Gasteiger partial charge in [-0.2, -0.15) is 0 Å². The largest absolute Gasteiger partial charge is 0.465 e. The Kier molecular flexibility index (Phi) is 2.33. The van der Waals surface area contributed by atoms with Crippen LogP contribution in [-0.4, -0.2) is 12.6 Å². The molecule has 68 valence electrons. The molecule has 1 aliphatic heterocycles. The van der Waals surface area contributed by atoms with Crippen molar-refractivity contribution in [1.29, 1.82) is 0 Å². The van der Waals surface area contributed by atoms with E-state index in [1.165, 1.54) is 32.1 Å². The smallest absolute Gasteiger partial charge is 0.306 e. The topological polar surface area (TPSA) is 26.3 Å². The Morgan fingerprint density at radius 3 is 2.42 bits per heavy atom. The van der Waals surface area contributed by atoms with E-state index in [-0.39, 0.29) is 5.97 Å². The Morgan fingerprint density at radius 2 is 1.83 bits per heavy atom. The van der Waals surface area contributed by atoms with Gasteiger partial charge in [-0.1, -0.05) is 32.1 Å². The number of carbonyl (C=O) groups is 1. The lowest BCUT2D eigenvalue weighted by molar-refractivity contribution is -0.137. The van der Waals surface area contributed by atoms with Gasteiger partial charge in [0.15, 0.2) is 0 Å². The Morgan fingerprint density at radius 1 is 1.08 bits per heavy atom. The highest BCUT2D eigenvalue weighted by Gasteiger charge is 2.31. The number of hydrogen-bond acceptors (Lipinski definition) is 2. The van der Waals surface area contributed by atoms with E-state index in [9.17, 15) is 4.79 Å². The minimum absolute atomic E-state index is 0.0190. The Labute approximate surface area is 73.3 Å². The van der Waals surface area contributed by atoms with E-state index in [1.807, 2.05) is 0 Å². The van der Waals surface area contributed by atoms with Crippen LogP contribution in [0, 0.1) is 11.8 Å².